The summed E-state index contributed by atoms with van der Waals surface area (Å²) >= 11 is 0. The average Bonchev–Trinajstić information content (AvgIpc) is 3.06. The van der Waals surface area contributed by atoms with Crippen LogP contribution in [0.25, 0.3) is 10.9 Å². The number of furan rings is 1. The minimum atomic E-state index is -0.324. The molecule has 0 unspecified atom stereocenters. The van der Waals surface area contributed by atoms with Gasteiger partial charge in [0.05, 0.1) is 17.7 Å². The molecule has 2 heterocycles. The molecule has 1 aromatic carbocycles. The summed E-state index contributed by atoms with van der Waals surface area (Å²) < 4.78 is 7.20. The number of para-hydroxylation sites is 1. The van der Waals surface area contributed by atoms with E-state index in [4.69, 9.17) is 4.42 Å². The monoisotopic (exact) mass is 323 g/mol. The van der Waals surface area contributed by atoms with E-state index < -0.39 is 0 Å². The Morgan fingerprint density at radius 1 is 1.17 bits per heavy atom. The molecule has 4 rings (SSSR count). The highest BCUT2D eigenvalue weighted by Crippen LogP contribution is 2.47. The normalized spacial score (nSPS) is 19.2. The Balaban J connectivity index is 1.41. The maximum atomic E-state index is 12.4. The van der Waals surface area contributed by atoms with Crippen molar-refractivity contribution in [3.8, 4) is 0 Å². The van der Waals surface area contributed by atoms with E-state index in [1.165, 1.54) is 0 Å². The fourth-order valence-corrected chi connectivity index (χ4v) is 3.10. The summed E-state index contributed by atoms with van der Waals surface area (Å²) in [7, 11) is 1.88. The third-order valence-electron chi connectivity index (χ3n) is 4.48. The zero-order chi connectivity index (χ0) is 16.7. The number of rotatable bonds is 3. The van der Waals surface area contributed by atoms with E-state index in [2.05, 4.69) is 10.9 Å². The maximum Gasteiger partial charge on any atom is 0.271 e. The molecule has 1 aliphatic carbocycles. The van der Waals surface area contributed by atoms with Gasteiger partial charge in [0, 0.05) is 30.1 Å². The molecular weight excluding hydrogens is 306 g/mol. The summed E-state index contributed by atoms with van der Waals surface area (Å²) in [5.74, 6) is 0.259. The molecule has 0 spiro atoms. The Labute approximate surface area is 138 Å². The first-order valence-corrected chi connectivity index (χ1v) is 7.83. The van der Waals surface area contributed by atoms with Gasteiger partial charge in [-0.05, 0) is 24.6 Å². The van der Waals surface area contributed by atoms with Crippen molar-refractivity contribution >= 4 is 22.7 Å². The number of aryl methyl sites for hydroxylation is 1. The minimum Gasteiger partial charge on any atom is -0.469 e. The van der Waals surface area contributed by atoms with E-state index in [0.717, 1.165) is 23.1 Å². The predicted octanol–water partition coefficient (Wildman–Crippen LogP) is 2.34. The van der Waals surface area contributed by atoms with Crippen molar-refractivity contribution in [3.05, 3.63) is 60.2 Å². The molecule has 1 aliphatic rings. The van der Waals surface area contributed by atoms with Gasteiger partial charge >= 0.3 is 0 Å². The lowest BCUT2D eigenvalue weighted by Gasteiger charge is -2.06. The van der Waals surface area contributed by atoms with Gasteiger partial charge in [0.2, 0.25) is 5.91 Å². The summed E-state index contributed by atoms with van der Waals surface area (Å²) in [6.45, 7) is 0. The van der Waals surface area contributed by atoms with Crippen LogP contribution in [-0.2, 0) is 11.8 Å². The fraction of sp³-hybridized carbons (Fsp3) is 0.222. The van der Waals surface area contributed by atoms with Crippen molar-refractivity contribution in [2.75, 3.05) is 0 Å². The molecule has 0 bridgehead atoms. The average molecular weight is 323 g/mol. The van der Waals surface area contributed by atoms with Crippen LogP contribution in [0.1, 0.15) is 28.5 Å². The molecule has 0 saturated heterocycles. The highest BCUT2D eigenvalue weighted by molar-refractivity contribution is 6.07. The van der Waals surface area contributed by atoms with Gasteiger partial charge in [0.1, 0.15) is 5.76 Å². The Morgan fingerprint density at radius 2 is 2.00 bits per heavy atom. The Hall–Kier alpha value is -3.02. The quantitative estimate of drug-likeness (QED) is 0.726. The standard InChI is InChI=1S/C18H17N3O3/c1-21-10-14(11-5-2-3-6-15(11)21)18(23)20-19-17(22)13-9-12(13)16-7-4-8-24-16/h2-8,10,12-13H,9H2,1H3,(H,19,22)(H,20,23)/t12-,13-/m1/s1. The number of hydrogen-bond donors (Lipinski definition) is 2. The number of carbonyl (C=O) groups is 2. The SMILES string of the molecule is Cn1cc(C(=O)NNC(=O)[C@@H]2C[C@H]2c2ccco2)c2ccccc21. The van der Waals surface area contributed by atoms with Crippen molar-refractivity contribution in [3.63, 3.8) is 0 Å². The van der Waals surface area contributed by atoms with Crippen molar-refractivity contribution in [1.29, 1.82) is 0 Å². The van der Waals surface area contributed by atoms with E-state index in [1.54, 1.807) is 12.5 Å². The van der Waals surface area contributed by atoms with Gasteiger partial charge in [-0.25, -0.2) is 0 Å². The molecule has 122 valence electrons. The van der Waals surface area contributed by atoms with Crippen LogP contribution < -0.4 is 10.9 Å². The van der Waals surface area contributed by atoms with E-state index in [0.29, 0.717) is 5.56 Å². The second kappa shape index (κ2) is 5.56. The van der Waals surface area contributed by atoms with Crippen LogP contribution in [0.15, 0.2) is 53.3 Å². The summed E-state index contributed by atoms with van der Waals surface area (Å²) in [4.78, 5) is 24.5. The number of fused-ring (bicyclic) bond motifs is 1. The molecular formula is C18H17N3O3. The lowest BCUT2D eigenvalue weighted by molar-refractivity contribution is -0.123. The number of aromatic nitrogens is 1. The number of benzene rings is 1. The molecule has 0 aliphatic heterocycles. The Bertz CT molecular complexity index is 911. The van der Waals surface area contributed by atoms with Crippen LogP contribution in [0.4, 0.5) is 0 Å². The highest BCUT2D eigenvalue weighted by Gasteiger charge is 2.46. The van der Waals surface area contributed by atoms with Gasteiger partial charge in [0.25, 0.3) is 5.91 Å². The lowest BCUT2D eigenvalue weighted by Crippen LogP contribution is -2.42. The molecule has 3 aromatic rings. The van der Waals surface area contributed by atoms with Crippen LogP contribution in [0.2, 0.25) is 0 Å². The van der Waals surface area contributed by atoms with Crippen molar-refractivity contribution in [2.24, 2.45) is 13.0 Å². The highest BCUT2D eigenvalue weighted by atomic mass is 16.3. The van der Waals surface area contributed by atoms with Crippen molar-refractivity contribution in [2.45, 2.75) is 12.3 Å². The van der Waals surface area contributed by atoms with Gasteiger partial charge in [-0.1, -0.05) is 18.2 Å². The molecule has 2 atom stereocenters. The first kappa shape index (κ1) is 14.6. The zero-order valence-corrected chi connectivity index (χ0v) is 13.2. The molecule has 1 fully saturated rings. The number of carbonyl (C=O) groups excluding carboxylic acids is 2. The lowest BCUT2D eigenvalue weighted by atomic mass is 10.2. The summed E-state index contributed by atoms with van der Waals surface area (Å²) in [5.41, 5.74) is 6.53. The summed E-state index contributed by atoms with van der Waals surface area (Å²) in [6, 6.07) is 11.3. The number of amides is 2. The van der Waals surface area contributed by atoms with E-state index in [9.17, 15) is 9.59 Å². The number of nitrogens with one attached hydrogen (secondary N) is 2. The Morgan fingerprint density at radius 3 is 2.79 bits per heavy atom. The van der Waals surface area contributed by atoms with Crippen molar-refractivity contribution in [1.82, 2.24) is 15.4 Å². The molecule has 24 heavy (non-hydrogen) atoms. The van der Waals surface area contributed by atoms with E-state index >= 15 is 0 Å². The second-order valence-corrected chi connectivity index (χ2v) is 6.08. The van der Waals surface area contributed by atoms with E-state index in [-0.39, 0.29) is 23.7 Å². The first-order chi connectivity index (χ1) is 11.6. The topological polar surface area (TPSA) is 76.3 Å². The molecule has 2 aromatic heterocycles. The molecule has 2 amide bonds. The molecule has 2 N–H and O–H groups in total. The number of hydrogen-bond acceptors (Lipinski definition) is 3. The van der Waals surface area contributed by atoms with Crippen LogP contribution in [0, 0.1) is 5.92 Å². The summed E-state index contributed by atoms with van der Waals surface area (Å²) in [5, 5.41) is 0.853. The number of hydrazine groups is 1. The third kappa shape index (κ3) is 2.46. The largest absolute Gasteiger partial charge is 0.469 e. The van der Waals surface area contributed by atoms with Gasteiger partial charge in [0.15, 0.2) is 0 Å². The first-order valence-electron chi connectivity index (χ1n) is 7.83. The smallest absolute Gasteiger partial charge is 0.271 e. The molecule has 0 radical (unpaired) electrons. The van der Waals surface area contributed by atoms with Gasteiger partial charge in [-0.15, -0.1) is 0 Å². The van der Waals surface area contributed by atoms with Crippen molar-refractivity contribution < 1.29 is 14.0 Å². The molecule has 6 heteroatoms. The number of nitrogens with zero attached hydrogens (tertiary/aromatic N) is 1. The molecule has 6 nitrogen and oxygen atoms in total. The fourth-order valence-electron chi connectivity index (χ4n) is 3.10. The Kier molecular flexibility index (Phi) is 3.37. The van der Waals surface area contributed by atoms with Crippen LogP contribution >= 0.6 is 0 Å². The third-order valence-corrected chi connectivity index (χ3v) is 4.48. The van der Waals surface area contributed by atoms with Gasteiger partial charge in [-0.2, -0.15) is 0 Å². The molecule has 1 saturated carbocycles. The maximum absolute atomic E-state index is 12.4. The van der Waals surface area contributed by atoms with Gasteiger partial charge < -0.3 is 8.98 Å². The predicted molar refractivity (Wildman–Crippen MR) is 88.1 cm³/mol. The van der Waals surface area contributed by atoms with Crippen LogP contribution in [0.3, 0.4) is 0 Å². The van der Waals surface area contributed by atoms with E-state index in [1.807, 2.05) is 48.0 Å². The minimum absolute atomic E-state index is 0.106. The van der Waals surface area contributed by atoms with Crippen LogP contribution in [0.5, 0.6) is 0 Å². The van der Waals surface area contributed by atoms with Crippen LogP contribution in [-0.4, -0.2) is 16.4 Å². The zero-order valence-electron chi connectivity index (χ0n) is 13.2. The summed E-state index contributed by atoms with van der Waals surface area (Å²) in [6.07, 6.45) is 4.10. The van der Waals surface area contributed by atoms with Gasteiger partial charge in [-0.3, -0.25) is 20.4 Å². The second-order valence-electron chi connectivity index (χ2n) is 6.08.